The van der Waals surface area contributed by atoms with Crippen LogP contribution < -0.4 is 11.1 Å². The van der Waals surface area contributed by atoms with Crippen LogP contribution in [0.15, 0.2) is 39.8 Å². The molecule has 102 valence electrons. The zero-order chi connectivity index (χ0) is 13.9. The monoisotopic (exact) mass is 273 g/mol. The minimum absolute atomic E-state index is 0.129. The number of rotatable bonds is 4. The number of nitrogens with zero attached hydrogens (tertiary/aromatic N) is 3. The predicted molar refractivity (Wildman–Crippen MR) is 70.1 cm³/mol. The molecule has 1 amide bonds. The molecular weight excluding hydrogens is 262 g/mol. The second-order valence-electron chi connectivity index (χ2n) is 4.12. The summed E-state index contributed by atoms with van der Waals surface area (Å²) in [7, 11) is 0. The van der Waals surface area contributed by atoms with Gasteiger partial charge in [-0.05, 0) is 12.1 Å². The third kappa shape index (κ3) is 2.30. The van der Waals surface area contributed by atoms with Gasteiger partial charge in [-0.2, -0.15) is 10.1 Å². The molecule has 0 spiro atoms. The van der Waals surface area contributed by atoms with Crippen molar-refractivity contribution >= 4 is 23.0 Å². The van der Waals surface area contributed by atoms with Crippen LogP contribution >= 0.6 is 0 Å². The van der Waals surface area contributed by atoms with Gasteiger partial charge in [0.25, 0.3) is 0 Å². The molecule has 0 radical (unpaired) electrons. The number of H-pyrrole nitrogens is 1. The van der Waals surface area contributed by atoms with Crippen molar-refractivity contribution in [2.75, 3.05) is 5.32 Å². The Labute approximate surface area is 112 Å². The molecule has 0 atom stereocenters. The molecule has 20 heavy (non-hydrogen) atoms. The number of aromatic nitrogens is 4. The van der Waals surface area contributed by atoms with Crippen LogP contribution in [0, 0.1) is 0 Å². The molecule has 0 aliphatic rings. The molecule has 0 saturated carbocycles. The average Bonchev–Trinajstić information content (AvgIpc) is 3.03. The molecular formula is C12H11N5O3. The molecule has 3 aromatic rings. The minimum Gasteiger partial charge on any atom is -0.408 e. The molecule has 1 aromatic carbocycles. The van der Waals surface area contributed by atoms with Crippen LogP contribution in [0.25, 0.3) is 11.1 Å². The number of hydrogen-bond acceptors (Lipinski definition) is 5. The van der Waals surface area contributed by atoms with E-state index in [1.807, 2.05) is 6.07 Å². The Morgan fingerprint density at radius 1 is 1.40 bits per heavy atom. The van der Waals surface area contributed by atoms with Gasteiger partial charge in [-0.3, -0.25) is 14.7 Å². The van der Waals surface area contributed by atoms with Gasteiger partial charge in [0.1, 0.15) is 6.33 Å². The molecule has 0 aliphatic carbocycles. The molecule has 8 heteroatoms. The van der Waals surface area contributed by atoms with Gasteiger partial charge in [0.15, 0.2) is 5.58 Å². The number of nitrogens with one attached hydrogen (secondary N) is 2. The number of para-hydroxylation sites is 2. The molecule has 0 saturated heterocycles. The number of fused-ring (bicyclic) bond motifs is 1. The van der Waals surface area contributed by atoms with E-state index in [4.69, 9.17) is 4.42 Å². The minimum atomic E-state index is -0.473. The quantitative estimate of drug-likeness (QED) is 0.729. The molecule has 2 aromatic heterocycles. The zero-order valence-electron chi connectivity index (χ0n) is 10.4. The normalized spacial score (nSPS) is 10.8. The van der Waals surface area contributed by atoms with Crippen LogP contribution in [0.4, 0.5) is 5.95 Å². The van der Waals surface area contributed by atoms with E-state index < -0.39 is 5.76 Å². The maximum Gasteiger partial charge on any atom is 0.419 e. The highest BCUT2D eigenvalue weighted by molar-refractivity contribution is 5.88. The summed E-state index contributed by atoms with van der Waals surface area (Å²) in [6, 6.07) is 7.07. The van der Waals surface area contributed by atoms with E-state index >= 15 is 0 Å². The number of carbonyl (C=O) groups is 1. The molecule has 2 heterocycles. The summed E-state index contributed by atoms with van der Waals surface area (Å²) in [5.41, 5.74) is 1.18. The summed E-state index contributed by atoms with van der Waals surface area (Å²) in [6.07, 6.45) is 1.42. The van der Waals surface area contributed by atoms with Crippen LogP contribution in [0.1, 0.15) is 6.42 Å². The fourth-order valence-electron chi connectivity index (χ4n) is 1.90. The first-order chi connectivity index (χ1) is 9.74. The van der Waals surface area contributed by atoms with E-state index in [2.05, 4.69) is 20.5 Å². The lowest BCUT2D eigenvalue weighted by atomic mass is 10.3. The topological polar surface area (TPSA) is 106 Å². The van der Waals surface area contributed by atoms with Crippen molar-refractivity contribution < 1.29 is 9.21 Å². The van der Waals surface area contributed by atoms with E-state index in [1.54, 1.807) is 18.2 Å². The van der Waals surface area contributed by atoms with Gasteiger partial charge >= 0.3 is 5.76 Å². The number of amides is 1. The predicted octanol–water partition coefficient (Wildman–Crippen LogP) is 0.741. The number of aryl methyl sites for hydroxylation is 1. The van der Waals surface area contributed by atoms with Crippen molar-refractivity contribution in [2.45, 2.75) is 13.0 Å². The molecule has 0 unspecified atom stereocenters. The van der Waals surface area contributed by atoms with Gasteiger partial charge in [-0.25, -0.2) is 9.89 Å². The van der Waals surface area contributed by atoms with Gasteiger partial charge in [0, 0.05) is 13.0 Å². The van der Waals surface area contributed by atoms with Crippen LogP contribution in [-0.2, 0) is 11.3 Å². The Balaban J connectivity index is 1.72. The van der Waals surface area contributed by atoms with Gasteiger partial charge in [0.05, 0.1) is 5.52 Å². The number of aromatic amines is 1. The SMILES string of the molecule is O=C(CCn1c(=O)oc2ccccc21)Nc1ncn[nH]1. The summed E-state index contributed by atoms with van der Waals surface area (Å²) in [5, 5.41) is 8.68. The van der Waals surface area contributed by atoms with Crippen molar-refractivity contribution in [1.29, 1.82) is 0 Å². The van der Waals surface area contributed by atoms with Gasteiger partial charge in [0.2, 0.25) is 11.9 Å². The summed E-state index contributed by atoms with van der Waals surface area (Å²) >= 11 is 0. The van der Waals surface area contributed by atoms with Crippen LogP contribution in [0.5, 0.6) is 0 Å². The highest BCUT2D eigenvalue weighted by Gasteiger charge is 2.10. The maximum atomic E-state index is 11.7. The van der Waals surface area contributed by atoms with E-state index in [9.17, 15) is 9.59 Å². The first kappa shape index (κ1) is 12.2. The third-order valence-electron chi connectivity index (χ3n) is 2.81. The third-order valence-corrected chi connectivity index (χ3v) is 2.81. The summed E-state index contributed by atoms with van der Waals surface area (Å²) in [6.45, 7) is 0.232. The van der Waals surface area contributed by atoms with Crippen molar-refractivity contribution in [1.82, 2.24) is 19.7 Å². The van der Waals surface area contributed by atoms with E-state index in [1.165, 1.54) is 10.9 Å². The Bertz CT molecular complexity index is 787. The second kappa shape index (κ2) is 5.00. The van der Waals surface area contributed by atoms with Crippen molar-refractivity contribution in [3.8, 4) is 0 Å². The van der Waals surface area contributed by atoms with Crippen LogP contribution in [-0.4, -0.2) is 25.7 Å². The molecule has 0 bridgehead atoms. The van der Waals surface area contributed by atoms with Crippen molar-refractivity contribution in [2.24, 2.45) is 0 Å². The highest BCUT2D eigenvalue weighted by Crippen LogP contribution is 2.12. The van der Waals surface area contributed by atoms with Crippen LogP contribution in [0.2, 0.25) is 0 Å². The van der Waals surface area contributed by atoms with E-state index in [0.29, 0.717) is 11.1 Å². The molecule has 0 fully saturated rings. The standard InChI is InChI=1S/C12H11N5O3/c18-10(15-11-13-7-14-16-11)5-6-17-8-3-1-2-4-9(8)20-12(17)19/h1-4,7H,5-6H2,(H2,13,14,15,16,18). The average molecular weight is 273 g/mol. The first-order valence-corrected chi connectivity index (χ1v) is 5.97. The fourth-order valence-corrected chi connectivity index (χ4v) is 1.90. The molecule has 3 rings (SSSR count). The summed E-state index contributed by atoms with van der Waals surface area (Å²) in [5.74, 6) is -0.461. The smallest absolute Gasteiger partial charge is 0.408 e. The Morgan fingerprint density at radius 3 is 3.05 bits per heavy atom. The summed E-state index contributed by atoms with van der Waals surface area (Å²) in [4.78, 5) is 27.2. The number of hydrogen-bond donors (Lipinski definition) is 2. The number of benzene rings is 1. The first-order valence-electron chi connectivity index (χ1n) is 5.97. The van der Waals surface area contributed by atoms with Crippen LogP contribution in [0.3, 0.4) is 0 Å². The lowest BCUT2D eigenvalue weighted by Gasteiger charge is -2.02. The Kier molecular flexibility index (Phi) is 3.04. The van der Waals surface area contributed by atoms with Gasteiger partial charge in [-0.15, -0.1) is 0 Å². The van der Waals surface area contributed by atoms with Gasteiger partial charge in [-0.1, -0.05) is 12.1 Å². The van der Waals surface area contributed by atoms with E-state index in [-0.39, 0.29) is 24.8 Å². The molecule has 8 nitrogen and oxygen atoms in total. The number of carbonyl (C=O) groups excluding carboxylic acids is 1. The van der Waals surface area contributed by atoms with Crippen molar-refractivity contribution in [3.05, 3.63) is 41.1 Å². The number of oxazole rings is 1. The second-order valence-corrected chi connectivity index (χ2v) is 4.12. The molecule has 0 aliphatic heterocycles. The van der Waals surface area contributed by atoms with Gasteiger partial charge < -0.3 is 4.42 Å². The lowest BCUT2D eigenvalue weighted by molar-refractivity contribution is -0.116. The summed E-state index contributed by atoms with van der Waals surface area (Å²) < 4.78 is 6.51. The van der Waals surface area contributed by atoms with E-state index in [0.717, 1.165) is 0 Å². The van der Waals surface area contributed by atoms with Crippen molar-refractivity contribution in [3.63, 3.8) is 0 Å². The fraction of sp³-hybridized carbons (Fsp3) is 0.167. The maximum absolute atomic E-state index is 11.7. The number of anilines is 1. The zero-order valence-corrected chi connectivity index (χ0v) is 10.4. The Hall–Kier alpha value is -2.90. The molecule has 2 N–H and O–H groups in total. The highest BCUT2D eigenvalue weighted by atomic mass is 16.4. The Morgan fingerprint density at radius 2 is 2.25 bits per heavy atom. The lowest BCUT2D eigenvalue weighted by Crippen LogP contribution is -2.20. The largest absolute Gasteiger partial charge is 0.419 e.